The van der Waals surface area contributed by atoms with Crippen LogP contribution in [0.1, 0.15) is 22.3 Å². The highest BCUT2D eigenvalue weighted by molar-refractivity contribution is 6.09. The summed E-state index contributed by atoms with van der Waals surface area (Å²) in [5, 5.41) is 2.52. The predicted octanol–water partition coefficient (Wildman–Crippen LogP) is 14.3. The van der Waals surface area contributed by atoms with E-state index in [4.69, 9.17) is 9.97 Å². The Morgan fingerprint density at radius 3 is 1.49 bits per heavy atom. The minimum absolute atomic E-state index is 0.450. The highest BCUT2D eigenvalue weighted by Crippen LogP contribution is 2.65. The highest BCUT2D eigenvalue weighted by atomic mass is 14.9. The Balaban J connectivity index is 1.07. The first-order chi connectivity index (χ1) is 29.3. The van der Waals surface area contributed by atoms with Crippen molar-refractivity contribution in [2.75, 3.05) is 0 Å². The molecule has 274 valence electrons. The van der Waals surface area contributed by atoms with Crippen LogP contribution in [0.2, 0.25) is 0 Å². The second-order valence-corrected chi connectivity index (χ2v) is 15.6. The second kappa shape index (κ2) is 13.2. The molecule has 0 unspecified atom stereocenters. The van der Waals surface area contributed by atoms with Crippen molar-refractivity contribution in [2.45, 2.75) is 5.41 Å². The molecule has 10 aromatic rings. The summed E-state index contributed by atoms with van der Waals surface area (Å²) in [6.45, 7) is 0. The molecule has 0 radical (unpaired) electrons. The van der Waals surface area contributed by atoms with Gasteiger partial charge in [0.05, 0.1) is 16.8 Å². The summed E-state index contributed by atoms with van der Waals surface area (Å²) in [5.74, 6) is 0.705. The van der Waals surface area contributed by atoms with Gasteiger partial charge in [-0.15, -0.1) is 0 Å². The first-order valence-corrected chi connectivity index (χ1v) is 20.3. The SMILES string of the molecule is c1ccc(-c2ccc(-c3cc(-c4cccc(-c5cc6ccccc6c6c5-c5ccccc5C65c6ccccc6-c6ccccc65)c4)nc(-c4ccccc4)n3)cc2)cc1. The minimum Gasteiger partial charge on any atom is -0.228 e. The number of hydrogen-bond acceptors (Lipinski definition) is 2. The van der Waals surface area contributed by atoms with Gasteiger partial charge < -0.3 is 0 Å². The zero-order chi connectivity index (χ0) is 38.9. The van der Waals surface area contributed by atoms with Crippen molar-refractivity contribution >= 4 is 10.8 Å². The minimum atomic E-state index is -0.450. The average Bonchev–Trinajstić information content (AvgIpc) is 3.80. The van der Waals surface area contributed by atoms with Crippen molar-refractivity contribution in [2.24, 2.45) is 0 Å². The van der Waals surface area contributed by atoms with E-state index < -0.39 is 5.41 Å². The van der Waals surface area contributed by atoms with E-state index in [-0.39, 0.29) is 0 Å². The Morgan fingerprint density at radius 2 is 0.797 bits per heavy atom. The Labute approximate surface area is 343 Å². The summed E-state index contributed by atoms with van der Waals surface area (Å²) >= 11 is 0. The zero-order valence-corrected chi connectivity index (χ0v) is 32.2. The van der Waals surface area contributed by atoms with Gasteiger partial charge in [-0.05, 0) is 95.7 Å². The number of nitrogens with zero attached hydrogens (tertiary/aromatic N) is 2. The third-order valence-electron chi connectivity index (χ3n) is 12.5. The van der Waals surface area contributed by atoms with Gasteiger partial charge in [-0.2, -0.15) is 0 Å². The highest BCUT2D eigenvalue weighted by Gasteiger charge is 2.52. The summed E-state index contributed by atoms with van der Waals surface area (Å²) in [4.78, 5) is 10.4. The van der Waals surface area contributed by atoms with Crippen molar-refractivity contribution in [3.63, 3.8) is 0 Å². The molecule has 1 heterocycles. The van der Waals surface area contributed by atoms with E-state index in [9.17, 15) is 0 Å². The molecule has 1 aromatic heterocycles. The topological polar surface area (TPSA) is 25.8 Å². The largest absolute Gasteiger partial charge is 0.228 e. The van der Waals surface area contributed by atoms with Crippen LogP contribution in [0.25, 0.3) is 89.2 Å². The molecular formula is C57H36N2. The summed E-state index contributed by atoms with van der Waals surface area (Å²) in [6, 6.07) is 79.2. The molecular weight excluding hydrogens is 713 g/mol. The average molecular weight is 749 g/mol. The molecule has 0 N–H and O–H groups in total. The number of hydrogen-bond donors (Lipinski definition) is 0. The van der Waals surface area contributed by atoms with Crippen LogP contribution in [-0.2, 0) is 5.41 Å². The quantitative estimate of drug-likeness (QED) is 0.175. The molecule has 9 aromatic carbocycles. The summed E-state index contributed by atoms with van der Waals surface area (Å²) in [6.07, 6.45) is 0. The fourth-order valence-electron chi connectivity index (χ4n) is 9.97. The van der Waals surface area contributed by atoms with Crippen LogP contribution in [0.3, 0.4) is 0 Å². The van der Waals surface area contributed by atoms with Crippen molar-refractivity contribution in [3.8, 4) is 78.4 Å². The van der Waals surface area contributed by atoms with Crippen LogP contribution in [0.15, 0.2) is 218 Å². The predicted molar refractivity (Wildman–Crippen MR) is 243 cm³/mol. The van der Waals surface area contributed by atoms with E-state index in [1.807, 2.05) is 18.2 Å². The van der Waals surface area contributed by atoms with Crippen LogP contribution in [0.4, 0.5) is 0 Å². The van der Waals surface area contributed by atoms with E-state index >= 15 is 0 Å². The van der Waals surface area contributed by atoms with E-state index in [0.717, 1.165) is 33.6 Å². The first kappa shape index (κ1) is 33.5. The third-order valence-corrected chi connectivity index (χ3v) is 12.5. The van der Waals surface area contributed by atoms with Gasteiger partial charge in [0.25, 0.3) is 0 Å². The van der Waals surface area contributed by atoms with E-state index in [0.29, 0.717) is 5.82 Å². The van der Waals surface area contributed by atoms with E-state index in [2.05, 4.69) is 200 Å². The number of benzene rings is 9. The van der Waals surface area contributed by atoms with Crippen LogP contribution < -0.4 is 0 Å². The van der Waals surface area contributed by atoms with Gasteiger partial charge in [0.1, 0.15) is 0 Å². The molecule has 0 aliphatic heterocycles. The van der Waals surface area contributed by atoms with Crippen molar-refractivity contribution in [1.82, 2.24) is 9.97 Å². The number of fused-ring (bicyclic) bond motifs is 12. The molecule has 12 rings (SSSR count). The van der Waals surface area contributed by atoms with Crippen molar-refractivity contribution < 1.29 is 0 Å². The van der Waals surface area contributed by atoms with Gasteiger partial charge >= 0.3 is 0 Å². The zero-order valence-electron chi connectivity index (χ0n) is 32.2. The molecule has 2 heteroatoms. The molecule has 2 aliphatic rings. The fourth-order valence-corrected chi connectivity index (χ4v) is 9.97. The Bertz CT molecular complexity index is 3210. The first-order valence-electron chi connectivity index (χ1n) is 20.3. The smallest absolute Gasteiger partial charge is 0.160 e. The van der Waals surface area contributed by atoms with Gasteiger partial charge in [-0.25, -0.2) is 9.97 Å². The lowest BCUT2D eigenvalue weighted by molar-refractivity contribution is 0.801. The molecule has 2 aliphatic carbocycles. The van der Waals surface area contributed by atoms with Gasteiger partial charge in [-0.3, -0.25) is 0 Å². The van der Waals surface area contributed by atoms with Crippen LogP contribution in [0.5, 0.6) is 0 Å². The molecule has 0 fully saturated rings. The fraction of sp³-hybridized carbons (Fsp3) is 0.0175. The van der Waals surface area contributed by atoms with E-state index in [1.165, 1.54) is 72.0 Å². The number of aromatic nitrogens is 2. The van der Waals surface area contributed by atoms with Gasteiger partial charge in [0.15, 0.2) is 5.82 Å². The molecule has 0 bridgehead atoms. The Kier molecular flexibility index (Phi) is 7.48. The van der Waals surface area contributed by atoms with Crippen LogP contribution >= 0.6 is 0 Å². The summed E-state index contributed by atoms with van der Waals surface area (Å²) in [7, 11) is 0. The van der Waals surface area contributed by atoms with Crippen molar-refractivity contribution in [3.05, 3.63) is 241 Å². The lowest BCUT2D eigenvalue weighted by Crippen LogP contribution is -2.26. The summed E-state index contributed by atoms with van der Waals surface area (Å²) < 4.78 is 0. The molecule has 0 saturated carbocycles. The standard InChI is InChI=1S/C57H36N2/c1-3-16-37(17-4-1)38-30-32-39(33-31-38)52-36-53(59-56(58-52)40-18-5-2-6-19-40)43-22-15-21-41(34-43)48-35-42-20-7-8-23-44(42)55-54(48)47-26-11-14-29-51(47)57(55)49-27-12-9-24-45(49)46-25-10-13-28-50(46)57/h1-36H. The van der Waals surface area contributed by atoms with E-state index in [1.54, 1.807) is 0 Å². The Hall–Kier alpha value is -7.68. The lowest BCUT2D eigenvalue weighted by atomic mass is 9.69. The Morgan fingerprint density at radius 1 is 0.305 bits per heavy atom. The maximum Gasteiger partial charge on any atom is 0.160 e. The lowest BCUT2D eigenvalue weighted by Gasteiger charge is -2.31. The normalized spacial score (nSPS) is 12.9. The van der Waals surface area contributed by atoms with Crippen LogP contribution in [0, 0.1) is 0 Å². The molecule has 1 spiro atoms. The second-order valence-electron chi connectivity index (χ2n) is 15.6. The summed E-state index contributed by atoms with van der Waals surface area (Å²) in [5.41, 5.74) is 19.8. The molecule has 0 saturated heterocycles. The monoisotopic (exact) mass is 748 g/mol. The van der Waals surface area contributed by atoms with Crippen LogP contribution in [-0.4, -0.2) is 9.97 Å². The van der Waals surface area contributed by atoms with Gasteiger partial charge in [0.2, 0.25) is 0 Å². The maximum atomic E-state index is 5.25. The molecule has 0 atom stereocenters. The third kappa shape index (κ3) is 5.06. The van der Waals surface area contributed by atoms with Crippen molar-refractivity contribution in [1.29, 1.82) is 0 Å². The maximum absolute atomic E-state index is 5.25. The molecule has 59 heavy (non-hydrogen) atoms. The number of rotatable bonds is 5. The van der Waals surface area contributed by atoms with Gasteiger partial charge in [-0.1, -0.05) is 200 Å². The van der Waals surface area contributed by atoms with Gasteiger partial charge in [0, 0.05) is 16.7 Å². The molecule has 0 amide bonds. The molecule has 2 nitrogen and oxygen atoms in total.